The molecule has 2 aromatic heterocycles. The van der Waals surface area contributed by atoms with Gasteiger partial charge in [-0.25, -0.2) is 15.0 Å². The van der Waals surface area contributed by atoms with Gasteiger partial charge in [0, 0.05) is 29.7 Å². The molecular formula is C29H29N5O2. The molecule has 1 aliphatic carbocycles. The highest BCUT2D eigenvalue weighted by molar-refractivity contribution is 6.08. The number of carbonyl (C=O) groups excluding carboxylic acids is 1. The number of aromatic nitrogens is 3. The van der Waals surface area contributed by atoms with Crippen LogP contribution in [0.4, 0.5) is 11.6 Å². The zero-order chi connectivity index (χ0) is 24.7. The molecule has 3 heterocycles. The molecule has 6 rings (SSSR count). The number of nitrogen functional groups attached to an aromatic ring is 1. The molecule has 4 aromatic rings. The van der Waals surface area contributed by atoms with Crippen molar-refractivity contribution in [2.45, 2.75) is 45.4 Å². The Morgan fingerprint density at radius 3 is 2.61 bits per heavy atom. The van der Waals surface area contributed by atoms with Crippen molar-refractivity contribution in [1.82, 2.24) is 15.0 Å². The van der Waals surface area contributed by atoms with E-state index < -0.39 is 0 Å². The summed E-state index contributed by atoms with van der Waals surface area (Å²) in [5, 5.41) is 1.95. The number of pyridine rings is 1. The predicted octanol–water partition coefficient (Wildman–Crippen LogP) is 6.06. The number of nitrogens with zero attached hydrogens (tertiary/aromatic N) is 4. The first-order valence-electron chi connectivity index (χ1n) is 12.6. The number of nitrogens with two attached hydrogens (primary N) is 1. The standard InChI is InChI=1S/C29H29N5O2/c1-19-10-11-20-21(7-5-9-24(20)34-18-15-29(27(34)35)13-3-2-4-14-29)25(19)36-26-22(8-6-16-31-26)23-12-17-32-28(30)33-23/h5-12,16-17H,2-4,13-15,18H2,1H3,(H2,30,32,33). The molecule has 2 N–H and O–H groups in total. The number of carbonyl (C=O) groups is 1. The van der Waals surface area contributed by atoms with Crippen LogP contribution in [0.15, 0.2) is 60.9 Å². The van der Waals surface area contributed by atoms with Crippen molar-refractivity contribution in [2.24, 2.45) is 5.41 Å². The molecule has 1 amide bonds. The molecular weight excluding hydrogens is 450 g/mol. The van der Waals surface area contributed by atoms with E-state index in [0.29, 0.717) is 11.6 Å². The number of fused-ring (bicyclic) bond motifs is 1. The lowest BCUT2D eigenvalue weighted by Gasteiger charge is -2.31. The lowest BCUT2D eigenvalue weighted by molar-refractivity contribution is -0.127. The Bertz CT molecular complexity index is 1460. The summed E-state index contributed by atoms with van der Waals surface area (Å²) in [6.07, 6.45) is 9.82. The number of aryl methyl sites for hydroxylation is 1. The van der Waals surface area contributed by atoms with E-state index >= 15 is 0 Å². The van der Waals surface area contributed by atoms with E-state index in [-0.39, 0.29) is 17.3 Å². The molecule has 0 unspecified atom stereocenters. The normalized spacial score (nSPS) is 17.1. The molecule has 1 aliphatic heterocycles. The van der Waals surface area contributed by atoms with Gasteiger partial charge in [-0.15, -0.1) is 0 Å². The monoisotopic (exact) mass is 479 g/mol. The molecule has 182 valence electrons. The van der Waals surface area contributed by atoms with Crippen LogP contribution in [-0.2, 0) is 4.79 Å². The van der Waals surface area contributed by atoms with E-state index in [0.717, 1.165) is 72.0 Å². The largest absolute Gasteiger partial charge is 0.437 e. The maximum absolute atomic E-state index is 13.7. The topological polar surface area (TPSA) is 94.2 Å². The van der Waals surface area contributed by atoms with Crippen LogP contribution in [0.3, 0.4) is 0 Å². The minimum absolute atomic E-state index is 0.174. The SMILES string of the molecule is Cc1ccc2c(N3CCC4(CCCCC4)C3=O)cccc2c1Oc1ncccc1-c1ccnc(N)n1. The highest BCUT2D eigenvalue weighted by atomic mass is 16.5. The minimum atomic E-state index is -0.174. The molecule has 2 fully saturated rings. The van der Waals surface area contributed by atoms with Crippen LogP contribution in [0.2, 0.25) is 0 Å². The third-order valence-electron chi connectivity index (χ3n) is 7.72. The molecule has 36 heavy (non-hydrogen) atoms. The van der Waals surface area contributed by atoms with Gasteiger partial charge in [0.2, 0.25) is 17.7 Å². The van der Waals surface area contributed by atoms with Crippen LogP contribution in [0.5, 0.6) is 11.6 Å². The van der Waals surface area contributed by atoms with E-state index in [1.807, 2.05) is 42.2 Å². The van der Waals surface area contributed by atoms with Gasteiger partial charge in [0.25, 0.3) is 0 Å². The minimum Gasteiger partial charge on any atom is -0.437 e. The van der Waals surface area contributed by atoms with Crippen LogP contribution in [0.25, 0.3) is 22.0 Å². The summed E-state index contributed by atoms with van der Waals surface area (Å²) in [6, 6.07) is 15.8. The smallest absolute Gasteiger partial charge is 0.233 e. The average Bonchev–Trinajstić information content (AvgIpc) is 3.20. The highest BCUT2D eigenvalue weighted by Gasteiger charge is 2.47. The summed E-state index contributed by atoms with van der Waals surface area (Å²) in [7, 11) is 0. The van der Waals surface area contributed by atoms with E-state index in [9.17, 15) is 4.79 Å². The first kappa shape index (κ1) is 22.5. The van der Waals surface area contributed by atoms with Gasteiger partial charge in [0.15, 0.2) is 0 Å². The third kappa shape index (κ3) is 3.75. The van der Waals surface area contributed by atoms with Gasteiger partial charge in [-0.1, -0.05) is 43.5 Å². The molecule has 2 aliphatic rings. The molecule has 1 spiro atoms. The van der Waals surface area contributed by atoms with Gasteiger partial charge in [-0.2, -0.15) is 0 Å². The Labute approximate surface area is 210 Å². The van der Waals surface area contributed by atoms with E-state index in [4.69, 9.17) is 10.5 Å². The van der Waals surface area contributed by atoms with E-state index in [2.05, 4.69) is 27.1 Å². The summed E-state index contributed by atoms with van der Waals surface area (Å²) in [5.74, 6) is 1.63. The molecule has 0 bridgehead atoms. The number of amides is 1. The van der Waals surface area contributed by atoms with E-state index in [1.54, 1.807) is 18.5 Å². The first-order valence-corrected chi connectivity index (χ1v) is 12.6. The second kappa shape index (κ2) is 8.90. The number of ether oxygens (including phenoxy) is 1. The van der Waals surface area contributed by atoms with Crippen molar-refractivity contribution in [2.75, 3.05) is 17.2 Å². The third-order valence-corrected chi connectivity index (χ3v) is 7.72. The van der Waals surface area contributed by atoms with Crippen LogP contribution < -0.4 is 15.4 Å². The number of rotatable bonds is 4. The van der Waals surface area contributed by atoms with Crippen molar-refractivity contribution < 1.29 is 9.53 Å². The maximum Gasteiger partial charge on any atom is 0.233 e. The van der Waals surface area contributed by atoms with Gasteiger partial charge < -0.3 is 15.4 Å². The Kier molecular flexibility index (Phi) is 5.55. The molecule has 1 saturated carbocycles. The maximum atomic E-state index is 13.7. The molecule has 0 atom stereocenters. The van der Waals surface area contributed by atoms with Crippen LogP contribution in [0, 0.1) is 12.3 Å². The van der Waals surface area contributed by atoms with Gasteiger partial charge in [-0.3, -0.25) is 4.79 Å². The number of benzene rings is 2. The van der Waals surface area contributed by atoms with Crippen LogP contribution in [0.1, 0.15) is 44.1 Å². The predicted molar refractivity (Wildman–Crippen MR) is 141 cm³/mol. The molecule has 2 aromatic carbocycles. The second-order valence-electron chi connectivity index (χ2n) is 9.89. The fourth-order valence-corrected chi connectivity index (χ4v) is 5.82. The lowest BCUT2D eigenvalue weighted by Crippen LogP contribution is -2.36. The molecule has 7 nitrogen and oxygen atoms in total. The Hall–Kier alpha value is -4.00. The fraction of sp³-hybridized carbons (Fsp3) is 0.310. The van der Waals surface area contributed by atoms with Gasteiger partial charge in [0.1, 0.15) is 5.75 Å². The van der Waals surface area contributed by atoms with Gasteiger partial charge in [-0.05, 0) is 56.0 Å². The molecule has 7 heteroatoms. The van der Waals surface area contributed by atoms with Crippen molar-refractivity contribution in [3.8, 4) is 22.9 Å². The summed E-state index contributed by atoms with van der Waals surface area (Å²) in [5.41, 5.74) is 8.95. The molecule has 1 saturated heterocycles. The van der Waals surface area contributed by atoms with Gasteiger partial charge >= 0.3 is 0 Å². The molecule has 0 radical (unpaired) electrons. The van der Waals surface area contributed by atoms with Crippen molar-refractivity contribution >= 4 is 28.3 Å². The van der Waals surface area contributed by atoms with Crippen molar-refractivity contribution in [1.29, 1.82) is 0 Å². The Morgan fingerprint density at radius 1 is 0.917 bits per heavy atom. The second-order valence-corrected chi connectivity index (χ2v) is 9.89. The number of anilines is 2. The fourth-order valence-electron chi connectivity index (χ4n) is 5.82. The summed E-state index contributed by atoms with van der Waals surface area (Å²) >= 11 is 0. The van der Waals surface area contributed by atoms with E-state index in [1.165, 1.54) is 6.42 Å². The highest BCUT2D eigenvalue weighted by Crippen LogP contribution is 2.47. The van der Waals surface area contributed by atoms with Gasteiger partial charge in [0.05, 0.1) is 22.4 Å². The number of hydrogen-bond donors (Lipinski definition) is 1. The van der Waals surface area contributed by atoms with Crippen LogP contribution in [-0.4, -0.2) is 27.4 Å². The quantitative estimate of drug-likeness (QED) is 0.382. The summed E-state index contributed by atoms with van der Waals surface area (Å²) < 4.78 is 6.49. The van der Waals surface area contributed by atoms with Crippen molar-refractivity contribution in [3.63, 3.8) is 0 Å². The zero-order valence-electron chi connectivity index (χ0n) is 20.4. The summed E-state index contributed by atoms with van der Waals surface area (Å²) in [4.78, 5) is 28.5. The van der Waals surface area contributed by atoms with Crippen LogP contribution >= 0.6 is 0 Å². The number of hydrogen-bond acceptors (Lipinski definition) is 6. The average molecular weight is 480 g/mol. The first-order chi connectivity index (χ1) is 17.6. The van der Waals surface area contributed by atoms with Crippen molar-refractivity contribution in [3.05, 3.63) is 66.5 Å². The summed E-state index contributed by atoms with van der Waals surface area (Å²) in [6.45, 7) is 2.78. The Morgan fingerprint density at radius 2 is 1.78 bits per heavy atom. The lowest BCUT2D eigenvalue weighted by atomic mass is 9.73. The Balaban J connectivity index is 1.41. The zero-order valence-corrected chi connectivity index (χ0v) is 20.4.